The van der Waals surface area contributed by atoms with Crippen molar-refractivity contribution < 1.29 is 31.9 Å². The molecule has 45 heavy (non-hydrogen) atoms. The minimum absolute atomic E-state index is 0.117. The third-order valence-electron chi connectivity index (χ3n) is 7.16. The molecule has 0 fully saturated rings. The zero-order chi connectivity index (χ0) is 31.7. The third-order valence-corrected chi connectivity index (χ3v) is 8.14. The molecule has 0 unspecified atom stereocenters. The normalized spacial score (nSPS) is 15.0. The summed E-state index contributed by atoms with van der Waals surface area (Å²) in [6.45, 7) is 1.82. The van der Waals surface area contributed by atoms with Crippen LogP contribution < -0.4 is 19.6 Å². The van der Waals surface area contributed by atoms with Gasteiger partial charge in [0.25, 0.3) is 5.56 Å². The molecule has 2 aromatic heterocycles. The van der Waals surface area contributed by atoms with Crippen molar-refractivity contribution in [2.75, 3.05) is 13.7 Å². The summed E-state index contributed by atoms with van der Waals surface area (Å²) >= 11 is 1.10. The highest BCUT2D eigenvalue weighted by atomic mass is 32.1. The van der Waals surface area contributed by atoms with Crippen molar-refractivity contribution >= 4 is 29.1 Å². The highest BCUT2D eigenvalue weighted by molar-refractivity contribution is 7.07. The van der Waals surface area contributed by atoms with Gasteiger partial charge in [0, 0.05) is 17.2 Å². The highest BCUT2D eigenvalue weighted by Crippen LogP contribution is 2.36. The Balaban J connectivity index is 1.53. The van der Waals surface area contributed by atoms with Crippen LogP contribution in [-0.4, -0.2) is 24.3 Å². The molecule has 1 atom stereocenters. The van der Waals surface area contributed by atoms with Gasteiger partial charge in [-0.25, -0.2) is 9.79 Å². The van der Waals surface area contributed by atoms with Crippen molar-refractivity contribution in [3.63, 3.8) is 0 Å². The fourth-order valence-corrected chi connectivity index (χ4v) is 6.11. The summed E-state index contributed by atoms with van der Waals surface area (Å²) in [5.41, 5.74) is 0.865. The molecular weight excluding hydrogens is 605 g/mol. The largest absolute Gasteiger partial charge is 0.497 e. The summed E-state index contributed by atoms with van der Waals surface area (Å²) in [5, 5.41) is 0. The van der Waals surface area contributed by atoms with Gasteiger partial charge in [0.2, 0.25) is 0 Å². The van der Waals surface area contributed by atoms with E-state index in [4.69, 9.17) is 18.9 Å². The minimum atomic E-state index is -4.50. The van der Waals surface area contributed by atoms with Gasteiger partial charge in [-0.2, -0.15) is 13.2 Å². The Morgan fingerprint density at radius 3 is 2.49 bits per heavy atom. The Hall–Kier alpha value is -5.16. The van der Waals surface area contributed by atoms with Crippen LogP contribution in [0.1, 0.15) is 35.4 Å². The van der Waals surface area contributed by atoms with Crippen LogP contribution >= 0.6 is 11.3 Å². The Morgan fingerprint density at radius 2 is 1.76 bits per heavy atom. The van der Waals surface area contributed by atoms with Crippen LogP contribution in [0.2, 0.25) is 0 Å². The lowest BCUT2D eigenvalue weighted by Crippen LogP contribution is -2.40. The van der Waals surface area contributed by atoms with Crippen LogP contribution in [0, 0.1) is 0 Å². The van der Waals surface area contributed by atoms with E-state index in [0.29, 0.717) is 27.4 Å². The Bertz CT molecular complexity index is 2110. The first-order chi connectivity index (χ1) is 21.7. The van der Waals surface area contributed by atoms with Crippen molar-refractivity contribution in [2.24, 2.45) is 4.99 Å². The number of halogens is 3. The van der Waals surface area contributed by atoms with Crippen LogP contribution in [0.4, 0.5) is 13.2 Å². The van der Waals surface area contributed by atoms with E-state index in [1.54, 1.807) is 43.3 Å². The van der Waals surface area contributed by atoms with E-state index in [2.05, 4.69) is 0 Å². The zero-order valence-electron chi connectivity index (χ0n) is 24.0. The fraction of sp³-hybridized carbons (Fsp3) is 0.147. The van der Waals surface area contributed by atoms with Gasteiger partial charge in [-0.3, -0.25) is 9.36 Å². The number of methoxy groups -OCH3 is 1. The Kier molecular flexibility index (Phi) is 8.03. The summed E-state index contributed by atoms with van der Waals surface area (Å²) < 4.78 is 58.3. The molecule has 11 heteroatoms. The first-order valence-electron chi connectivity index (χ1n) is 13.9. The molecule has 1 aliphatic heterocycles. The van der Waals surface area contributed by atoms with Crippen molar-refractivity contribution in [2.45, 2.75) is 19.1 Å². The molecule has 3 aromatic carbocycles. The molecule has 0 saturated heterocycles. The molecule has 7 nitrogen and oxygen atoms in total. The van der Waals surface area contributed by atoms with Crippen LogP contribution in [0.5, 0.6) is 5.75 Å². The summed E-state index contributed by atoms with van der Waals surface area (Å²) in [4.78, 5) is 32.8. The molecule has 0 bridgehead atoms. The summed E-state index contributed by atoms with van der Waals surface area (Å²) in [7, 11) is 1.53. The van der Waals surface area contributed by atoms with E-state index in [1.807, 2.05) is 30.3 Å². The molecule has 3 heterocycles. The number of carbonyl (C=O) groups excluding carboxylic acids is 1. The minimum Gasteiger partial charge on any atom is -0.497 e. The molecule has 0 radical (unpaired) electrons. The summed E-state index contributed by atoms with van der Waals surface area (Å²) in [6, 6.07) is 23.3. The molecule has 228 valence electrons. The highest BCUT2D eigenvalue weighted by Gasteiger charge is 2.35. The lowest BCUT2D eigenvalue weighted by atomic mass is 9.93. The zero-order valence-corrected chi connectivity index (χ0v) is 24.8. The number of benzene rings is 3. The quantitative estimate of drug-likeness (QED) is 0.200. The van der Waals surface area contributed by atoms with Crippen LogP contribution in [-0.2, 0) is 15.7 Å². The van der Waals surface area contributed by atoms with Crippen molar-refractivity contribution in [3.8, 4) is 17.1 Å². The lowest BCUT2D eigenvalue weighted by molar-refractivity contribution is -0.139. The van der Waals surface area contributed by atoms with Gasteiger partial charge in [0.1, 0.15) is 17.3 Å². The number of esters is 1. The molecule has 1 aliphatic rings. The van der Waals surface area contributed by atoms with E-state index >= 15 is 0 Å². The van der Waals surface area contributed by atoms with E-state index in [0.717, 1.165) is 23.5 Å². The van der Waals surface area contributed by atoms with Gasteiger partial charge in [0.05, 0.1) is 41.1 Å². The number of alkyl halides is 3. The van der Waals surface area contributed by atoms with Gasteiger partial charge >= 0.3 is 12.1 Å². The predicted octanol–water partition coefficient (Wildman–Crippen LogP) is 6.22. The lowest BCUT2D eigenvalue weighted by Gasteiger charge is -2.26. The number of rotatable bonds is 7. The monoisotopic (exact) mass is 630 g/mol. The molecule has 0 spiro atoms. The molecule has 0 N–H and O–H groups in total. The molecule has 5 aromatic rings. The molecular formula is C34H25F3N2O5S. The number of aromatic nitrogens is 1. The van der Waals surface area contributed by atoms with E-state index in [9.17, 15) is 22.8 Å². The molecule has 0 aliphatic carbocycles. The number of nitrogens with zero attached hydrogens (tertiary/aromatic N) is 2. The van der Waals surface area contributed by atoms with Gasteiger partial charge in [0.15, 0.2) is 4.80 Å². The van der Waals surface area contributed by atoms with E-state index in [1.165, 1.54) is 29.9 Å². The second-order valence-electron chi connectivity index (χ2n) is 9.99. The number of carbonyl (C=O) groups is 1. The maximum absolute atomic E-state index is 14.1. The van der Waals surface area contributed by atoms with Crippen LogP contribution in [0.3, 0.4) is 0 Å². The van der Waals surface area contributed by atoms with Gasteiger partial charge in [-0.15, -0.1) is 0 Å². The second-order valence-corrected chi connectivity index (χ2v) is 11.0. The van der Waals surface area contributed by atoms with Crippen molar-refractivity contribution in [1.82, 2.24) is 4.57 Å². The predicted molar refractivity (Wildman–Crippen MR) is 163 cm³/mol. The maximum Gasteiger partial charge on any atom is 0.416 e. The van der Waals surface area contributed by atoms with E-state index < -0.39 is 29.3 Å². The first-order valence-corrected chi connectivity index (χ1v) is 14.7. The van der Waals surface area contributed by atoms with E-state index in [-0.39, 0.29) is 33.8 Å². The first kappa shape index (κ1) is 29.9. The average Bonchev–Trinajstić information content (AvgIpc) is 3.64. The molecule has 0 amide bonds. The molecule has 0 saturated carbocycles. The number of fused-ring (bicyclic) bond motifs is 1. The number of thiazole rings is 1. The summed E-state index contributed by atoms with van der Waals surface area (Å²) in [6.07, 6.45) is -2.99. The number of furan rings is 1. The van der Waals surface area contributed by atoms with Crippen LogP contribution in [0.25, 0.3) is 23.1 Å². The maximum atomic E-state index is 14.1. The molecule has 6 rings (SSSR count). The number of hydrogen-bond donors (Lipinski definition) is 0. The van der Waals surface area contributed by atoms with Crippen molar-refractivity contribution in [1.29, 1.82) is 0 Å². The summed E-state index contributed by atoms with van der Waals surface area (Å²) in [5.74, 6) is 0.400. The van der Waals surface area contributed by atoms with Gasteiger partial charge in [-0.05, 0) is 48.9 Å². The SMILES string of the molecule is CCOC(=O)C1=C(c2ccccc2)N=c2s/c(=C/c3ccc(-c4cccc(C(F)(F)F)c4)o3)c(=O)n2[C@@H]1c1cccc(OC)c1. The fourth-order valence-electron chi connectivity index (χ4n) is 5.13. The average molecular weight is 631 g/mol. The second kappa shape index (κ2) is 12.1. The third kappa shape index (κ3) is 5.86. The number of hydrogen-bond acceptors (Lipinski definition) is 7. The Labute approximate surface area is 258 Å². The topological polar surface area (TPSA) is 83.0 Å². The van der Waals surface area contributed by atoms with Crippen molar-refractivity contribution in [3.05, 3.63) is 139 Å². The smallest absolute Gasteiger partial charge is 0.416 e. The van der Waals surface area contributed by atoms with Gasteiger partial charge in [-0.1, -0.05) is 65.9 Å². The number of ether oxygens (including phenoxy) is 2. The Morgan fingerprint density at radius 1 is 1.00 bits per heavy atom. The standard InChI is InChI=1S/C34H25F3N2O5S/c1-3-43-32(41)28-29(20-9-5-4-6-10-20)38-33-39(30(28)22-12-8-14-24(18-22)42-2)31(40)27(45-33)19-25-15-16-26(44-25)21-11-7-13-23(17-21)34(35,36)37/h4-19,30H,3H2,1-2H3/b27-19+/t30-/m1/s1. The van der Waals surface area contributed by atoms with Crippen LogP contribution in [0.15, 0.2) is 111 Å². The van der Waals surface area contributed by atoms with Gasteiger partial charge < -0.3 is 13.9 Å².